The van der Waals surface area contributed by atoms with E-state index in [9.17, 15) is 4.39 Å². The Labute approximate surface area is 110 Å². The Morgan fingerprint density at radius 3 is 2.68 bits per heavy atom. The van der Waals surface area contributed by atoms with Crippen molar-refractivity contribution in [2.24, 2.45) is 7.05 Å². The van der Waals surface area contributed by atoms with Crippen LogP contribution in [0.1, 0.15) is 5.56 Å². The minimum Gasteiger partial charge on any atom is -0.326 e. The maximum absolute atomic E-state index is 13.2. The van der Waals surface area contributed by atoms with Crippen LogP contribution in [0.2, 0.25) is 0 Å². The summed E-state index contributed by atoms with van der Waals surface area (Å²) >= 11 is 0. The van der Waals surface area contributed by atoms with Gasteiger partial charge in [0.25, 0.3) is 0 Å². The van der Waals surface area contributed by atoms with E-state index in [1.54, 1.807) is 19.1 Å². The second kappa shape index (κ2) is 4.39. The van der Waals surface area contributed by atoms with Gasteiger partial charge in [-0.15, -0.1) is 0 Å². The molecule has 0 aliphatic rings. The largest absolute Gasteiger partial charge is 0.326 e. The number of nitrogens with zero attached hydrogens (tertiary/aromatic N) is 2. The van der Waals surface area contributed by atoms with Crippen molar-refractivity contribution < 1.29 is 4.39 Å². The summed E-state index contributed by atoms with van der Waals surface area (Å²) in [6, 6.07) is 12.9. The molecule has 4 heteroatoms. The Morgan fingerprint density at radius 1 is 1.16 bits per heavy atom. The number of fused-ring (bicyclic) bond motifs is 1. The summed E-state index contributed by atoms with van der Waals surface area (Å²) in [6.45, 7) is 1.75. The van der Waals surface area contributed by atoms with E-state index in [1.165, 1.54) is 6.07 Å². The molecule has 0 saturated carbocycles. The number of aryl methyl sites for hydroxylation is 2. The van der Waals surface area contributed by atoms with Gasteiger partial charge in [-0.3, -0.25) is 0 Å². The fourth-order valence-corrected chi connectivity index (χ4v) is 2.11. The molecular formula is C15H14FN3. The van der Waals surface area contributed by atoms with E-state index in [2.05, 4.69) is 10.3 Å². The third-order valence-corrected chi connectivity index (χ3v) is 3.20. The molecule has 3 rings (SSSR count). The first kappa shape index (κ1) is 11.7. The Balaban J connectivity index is 2.01. The van der Waals surface area contributed by atoms with Crippen LogP contribution in [0, 0.1) is 12.7 Å². The van der Waals surface area contributed by atoms with Gasteiger partial charge in [0.15, 0.2) is 0 Å². The zero-order chi connectivity index (χ0) is 13.4. The summed E-state index contributed by atoms with van der Waals surface area (Å²) in [6.07, 6.45) is 0. The Hall–Kier alpha value is -2.36. The number of hydrogen-bond donors (Lipinski definition) is 1. The van der Waals surface area contributed by atoms with Crippen molar-refractivity contribution in [2.75, 3.05) is 5.32 Å². The standard InChI is InChI=1S/C15H14FN3/c1-10-9-11(7-8-12(10)16)17-15-18-13-5-3-4-6-14(13)19(15)2/h3-9H,1-2H3,(H,17,18). The zero-order valence-electron chi connectivity index (χ0n) is 10.8. The number of nitrogens with one attached hydrogen (secondary N) is 1. The van der Waals surface area contributed by atoms with Crippen LogP contribution < -0.4 is 5.32 Å². The zero-order valence-corrected chi connectivity index (χ0v) is 10.8. The molecule has 0 unspecified atom stereocenters. The molecule has 2 aromatic carbocycles. The lowest BCUT2D eigenvalue weighted by molar-refractivity contribution is 0.619. The van der Waals surface area contributed by atoms with E-state index < -0.39 is 0 Å². The SMILES string of the molecule is Cc1cc(Nc2nc3ccccc3n2C)ccc1F. The fourth-order valence-electron chi connectivity index (χ4n) is 2.11. The predicted octanol–water partition coefficient (Wildman–Crippen LogP) is 3.76. The Morgan fingerprint density at radius 2 is 1.95 bits per heavy atom. The van der Waals surface area contributed by atoms with E-state index in [0.29, 0.717) is 5.56 Å². The normalized spacial score (nSPS) is 10.9. The highest BCUT2D eigenvalue weighted by atomic mass is 19.1. The third-order valence-electron chi connectivity index (χ3n) is 3.20. The van der Waals surface area contributed by atoms with Crippen molar-refractivity contribution in [3.8, 4) is 0 Å². The third kappa shape index (κ3) is 2.05. The van der Waals surface area contributed by atoms with Crippen molar-refractivity contribution in [3.05, 3.63) is 53.8 Å². The van der Waals surface area contributed by atoms with Crippen molar-refractivity contribution in [1.82, 2.24) is 9.55 Å². The summed E-state index contributed by atoms with van der Waals surface area (Å²) in [4.78, 5) is 4.52. The fraction of sp³-hybridized carbons (Fsp3) is 0.133. The van der Waals surface area contributed by atoms with Gasteiger partial charge in [0.1, 0.15) is 5.82 Å². The van der Waals surface area contributed by atoms with Gasteiger partial charge in [0, 0.05) is 12.7 Å². The van der Waals surface area contributed by atoms with E-state index in [0.717, 1.165) is 22.7 Å². The molecular weight excluding hydrogens is 241 g/mol. The van der Waals surface area contributed by atoms with Gasteiger partial charge in [-0.05, 0) is 42.8 Å². The molecule has 1 heterocycles. The van der Waals surface area contributed by atoms with Gasteiger partial charge >= 0.3 is 0 Å². The number of imidazole rings is 1. The number of benzene rings is 2. The number of halogens is 1. The molecule has 0 radical (unpaired) electrons. The van der Waals surface area contributed by atoms with Crippen LogP contribution in [0.4, 0.5) is 16.0 Å². The van der Waals surface area contributed by atoms with Crippen molar-refractivity contribution in [3.63, 3.8) is 0 Å². The molecule has 0 amide bonds. The molecule has 0 bridgehead atoms. The summed E-state index contributed by atoms with van der Waals surface area (Å²) in [7, 11) is 1.95. The van der Waals surface area contributed by atoms with Gasteiger partial charge in [-0.1, -0.05) is 12.1 Å². The molecule has 1 aromatic heterocycles. The van der Waals surface area contributed by atoms with E-state index in [1.807, 2.05) is 35.9 Å². The molecule has 19 heavy (non-hydrogen) atoms. The first-order valence-corrected chi connectivity index (χ1v) is 6.10. The molecule has 96 valence electrons. The molecule has 0 spiro atoms. The van der Waals surface area contributed by atoms with Gasteiger partial charge < -0.3 is 9.88 Å². The highest BCUT2D eigenvalue weighted by molar-refractivity contribution is 5.79. The monoisotopic (exact) mass is 255 g/mol. The van der Waals surface area contributed by atoms with Gasteiger partial charge in [-0.2, -0.15) is 0 Å². The molecule has 3 nitrogen and oxygen atoms in total. The lowest BCUT2D eigenvalue weighted by Crippen LogP contribution is -1.99. The highest BCUT2D eigenvalue weighted by Gasteiger charge is 2.07. The number of rotatable bonds is 2. The minimum atomic E-state index is -0.199. The lowest BCUT2D eigenvalue weighted by atomic mass is 10.2. The second-order valence-corrected chi connectivity index (χ2v) is 4.57. The maximum Gasteiger partial charge on any atom is 0.208 e. The Kier molecular flexibility index (Phi) is 2.71. The highest BCUT2D eigenvalue weighted by Crippen LogP contribution is 2.22. The van der Waals surface area contributed by atoms with Gasteiger partial charge in [-0.25, -0.2) is 9.37 Å². The van der Waals surface area contributed by atoms with Crippen LogP contribution in [0.5, 0.6) is 0 Å². The minimum absolute atomic E-state index is 0.199. The topological polar surface area (TPSA) is 29.9 Å². The van der Waals surface area contributed by atoms with Gasteiger partial charge in [0.2, 0.25) is 5.95 Å². The van der Waals surface area contributed by atoms with E-state index in [4.69, 9.17) is 0 Å². The van der Waals surface area contributed by atoms with E-state index in [-0.39, 0.29) is 5.82 Å². The molecule has 0 aliphatic heterocycles. The summed E-state index contributed by atoms with van der Waals surface area (Å²) < 4.78 is 15.2. The second-order valence-electron chi connectivity index (χ2n) is 4.57. The van der Waals surface area contributed by atoms with Crippen LogP contribution in [0.15, 0.2) is 42.5 Å². The van der Waals surface area contributed by atoms with Crippen LogP contribution in [0.3, 0.4) is 0 Å². The Bertz CT molecular complexity index is 746. The van der Waals surface area contributed by atoms with Crippen molar-refractivity contribution >= 4 is 22.7 Å². The lowest BCUT2D eigenvalue weighted by Gasteiger charge is -2.07. The van der Waals surface area contributed by atoms with Crippen LogP contribution in [-0.2, 0) is 7.05 Å². The van der Waals surface area contributed by atoms with Crippen molar-refractivity contribution in [2.45, 2.75) is 6.92 Å². The molecule has 0 saturated heterocycles. The quantitative estimate of drug-likeness (QED) is 0.755. The molecule has 0 aliphatic carbocycles. The molecule has 0 fully saturated rings. The smallest absolute Gasteiger partial charge is 0.208 e. The average molecular weight is 255 g/mol. The van der Waals surface area contributed by atoms with Crippen molar-refractivity contribution in [1.29, 1.82) is 0 Å². The molecule has 0 atom stereocenters. The first-order valence-electron chi connectivity index (χ1n) is 6.10. The predicted molar refractivity (Wildman–Crippen MR) is 75.1 cm³/mol. The number of aromatic nitrogens is 2. The van der Waals surface area contributed by atoms with Crippen LogP contribution in [0.25, 0.3) is 11.0 Å². The summed E-state index contributed by atoms with van der Waals surface area (Å²) in [5.74, 6) is 0.544. The number of anilines is 2. The number of para-hydroxylation sites is 2. The van der Waals surface area contributed by atoms with Gasteiger partial charge in [0.05, 0.1) is 11.0 Å². The first-order chi connectivity index (χ1) is 9.15. The maximum atomic E-state index is 13.2. The number of hydrogen-bond acceptors (Lipinski definition) is 2. The van der Waals surface area contributed by atoms with Crippen LogP contribution >= 0.6 is 0 Å². The summed E-state index contributed by atoms with van der Waals surface area (Å²) in [5, 5.41) is 3.21. The summed E-state index contributed by atoms with van der Waals surface area (Å²) in [5.41, 5.74) is 3.44. The molecule has 1 N–H and O–H groups in total. The van der Waals surface area contributed by atoms with Crippen LogP contribution in [-0.4, -0.2) is 9.55 Å². The average Bonchev–Trinajstić information content (AvgIpc) is 2.72. The van der Waals surface area contributed by atoms with E-state index >= 15 is 0 Å². The molecule has 3 aromatic rings.